The van der Waals surface area contributed by atoms with Gasteiger partial charge in [0, 0.05) is 57.2 Å². The molecule has 0 aliphatic carbocycles. The molecule has 28 heavy (non-hydrogen) atoms. The third-order valence-corrected chi connectivity index (χ3v) is 5.25. The monoisotopic (exact) mass is 382 g/mol. The summed E-state index contributed by atoms with van der Waals surface area (Å²) in [5.41, 5.74) is 2.66. The van der Waals surface area contributed by atoms with Crippen LogP contribution in [0.25, 0.3) is 0 Å². The number of aromatic hydroxyl groups is 1. The van der Waals surface area contributed by atoms with E-state index in [4.69, 9.17) is 0 Å². The predicted molar refractivity (Wildman–Crippen MR) is 114 cm³/mol. The first-order chi connectivity index (χ1) is 13.4. The average molecular weight is 383 g/mol. The molecule has 1 saturated heterocycles. The van der Waals surface area contributed by atoms with Gasteiger partial charge >= 0.3 is 0 Å². The summed E-state index contributed by atoms with van der Waals surface area (Å²) >= 11 is 0. The Kier molecular flexibility index (Phi) is 6.54. The minimum Gasteiger partial charge on any atom is -0.508 e. The van der Waals surface area contributed by atoms with Crippen LogP contribution in [-0.4, -0.2) is 74.7 Å². The summed E-state index contributed by atoms with van der Waals surface area (Å²) in [7, 11) is 6.09. The maximum Gasteiger partial charge on any atom is 0.241 e. The van der Waals surface area contributed by atoms with Gasteiger partial charge in [-0.3, -0.25) is 9.69 Å². The number of piperazine rings is 1. The fraction of sp³-hybridized carbons (Fsp3) is 0.409. The van der Waals surface area contributed by atoms with E-state index in [9.17, 15) is 9.90 Å². The molecule has 0 atom stereocenters. The molecule has 1 N–H and O–H groups in total. The summed E-state index contributed by atoms with van der Waals surface area (Å²) in [5.74, 6) is 0.259. The van der Waals surface area contributed by atoms with Gasteiger partial charge in [0.25, 0.3) is 0 Å². The molecule has 2 aromatic carbocycles. The summed E-state index contributed by atoms with van der Waals surface area (Å²) in [4.78, 5) is 21.5. The van der Waals surface area contributed by atoms with Gasteiger partial charge in [-0.25, -0.2) is 0 Å². The van der Waals surface area contributed by atoms with Crippen LogP contribution in [0.1, 0.15) is 5.56 Å². The third-order valence-electron chi connectivity index (χ3n) is 5.25. The summed E-state index contributed by atoms with van der Waals surface area (Å²) in [6.07, 6.45) is 0. The third kappa shape index (κ3) is 5.03. The van der Waals surface area contributed by atoms with Gasteiger partial charge in [0.2, 0.25) is 5.91 Å². The van der Waals surface area contributed by atoms with Crippen molar-refractivity contribution in [1.82, 2.24) is 9.80 Å². The number of likely N-dealkylation sites (N-methyl/N-ethyl adjacent to an activating group) is 1. The second-order valence-corrected chi connectivity index (χ2v) is 7.60. The SMILES string of the molecule is CN1CCN(CC(=O)N(Cc2ccccc2O)c2ccc(N(C)C)cc2)CC1. The molecule has 1 aliphatic rings. The van der Waals surface area contributed by atoms with Crippen LogP contribution in [0.5, 0.6) is 5.75 Å². The largest absolute Gasteiger partial charge is 0.508 e. The quantitative estimate of drug-likeness (QED) is 0.830. The Bertz CT molecular complexity index is 783. The highest BCUT2D eigenvalue weighted by Gasteiger charge is 2.22. The lowest BCUT2D eigenvalue weighted by Crippen LogP contribution is -2.48. The molecule has 0 saturated carbocycles. The number of phenols is 1. The Morgan fingerprint density at radius 2 is 1.57 bits per heavy atom. The molecule has 1 heterocycles. The standard InChI is InChI=1S/C22H30N4O2/c1-23(2)19-8-10-20(11-9-19)26(16-18-6-4-5-7-21(18)27)22(28)17-25-14-12-24(3)13-15-25/h4-11,27H,12-17H2,1-3H3. The zero-order chi connectivity index (χ0) is 20.1. The molecule has 2 aromatic rings. The molecular formula is C22H30N4O2. The van der Waals surface area contributed by atoms with E-state index in [1.807, 2.05) is 55.4 Å². The number of para-hydroxylation sites is 1. The average Bonchev–Trinajstić information content (AvgIpc) is 2.69. The molecule has 150 valence electrons. The maximum absolute atomic E-state index is 13.2. The van der Waals surface area contributed by atoms with Crippen molar-refractivity contribution in [3.63, 3.8) is 0 Å². The molecule has 0 spiro atoms. The fourth-order valence-electron chi connectivity index (χ4n) is 3.35. The van der Waals surface area contributed by atoms with Crippen molar-refractivity contribution in [1.29, 1.82) is 0 Å². The molecule has 0 unspecified atom stereocenters. The maximum atomic E-state index is 13.2. The summed E-state index contributed by atoms with van der Waals surface area (Å²) < 4.78 is 0. The minimum atomic E-state index is 0.0467. The zero-order valence-electron chi connectivity index (χ0n) is 17.0. The molecule has 3 rings (SSSR count). The van der Waals surface area contributed by atoms with Gasteiger partial charge in [-0.15, -0.1) is 0 Å². The molecule has 0 bridgehead atoms. The van der Waals surface area contributed by atoms with Gasteiger partial charge in [0.1, 0.15) is 5.75 Å². The molecule has 0 aromatic heterocycles. The Hall–Kier alpha value is -2.57. The van der Waals surface area contributed by atoms with Crippen molar-refractivity contribution in [3.8, 4) is 5.75 Å². The number of rotatable bonds is 6. The van der Waals surface area contributed by atoms with E-state index in [1.165, 1.54) is 0 Å². The fourth-order valence-corrected chi connectivity index (χ4v) is 3.35. The van der Waals surface area contributed by atoms with Crippen LogP contribution < -0.4 is 9.80 Å². The Morgan fingerprint density at radius 1 is 0.964 bits per heavy atom. The number of carbonyl (C=O) groups is 1. The van der Waals surface area contributed by atoms with Crippen LogP contribution in [0.4, 0.5) is 11.4 Å². The highest BCUT2D eigenvalue weighted by Crippen LogP contribution is 2.25. The molecule has 6 heteroatoms. The van der Waals surface area contributed by atoms with Crippen LogP contribution in [0, 0.1) is 0 Å². The Balaban J connectivity index is 1.81. The molecule has 1 amide bonds. The molecule has 1 fully saturated rings. The number of carbonyl (C=O) groups excluding carboxylic acids is 1. The predicted octanol–water partition coefficient (Wildman–Crippen LogP) is 2.24. The smallest absolute Gasteiger partial charge is 0.241 e. The summed E-state index contributed by atoms with van der Waals surface area (Å²) in [6.45, 7) is 4.48. The van der Waals surface area contributed by atoms with Gasteiger partial charge in [0.05, 0.1) is 13.1 Å². The molecular weight excluding hydrogens is 352 g/mol. The van der Waals surface area contributed by atoms with Gasteiger partial charge in [-0.2, -0.15) is 0 Å². The van der Waals surface area contributed by atoms with Crippen LogP contribution in [-0.2, 0) is 11.3 Å². The van der Waals surface area contributed by atoms with E-state index < -0.39 is 0 Å². The van der Waals surface area contributed by atoms with Crippen molar-refractivity contribution in [2.24, 2.45) is 0 Å². The first-order valence-electron chi connectivity index (χ1n) is 9.69. The zero-order valence-corrected chi connectivity index (χ0v) is 17.0. The normalized spacial score (nSPS) is 15.4. The Morgan fingerprint density at radius 3 is 2.18 bits per heavy atom. The van der Waals surface area contributed by atoms with Crippen molar-refractivity contribution >= 4 is 17.3 Å². The van der Waals surface area contributed by atoms with Crippen LogP contribution in [0.2, 0.25) is 0 Å². The lowest BCUT2D eigenvalue weighted by molar-refractivity contribution is -0.120. The van der Waals surface area contributed by atoms with Gasteiger partial charge in [-0.05, 0) is 37.4 Å². The second-order valence-electron chi connectivity index (χ2n) is 7.60. The van der Waals surface area contributed by atoms with E-state index >= 15 is 0 Å². The van der Waals surface area contributed by atoms with E-state index in [1.54, 1.807) is 17.0 Å². The van der Waals surface area contributed by atoms with Crippen LogP contribution in [0.3, 0.4) is 0 Å². The Labute approximate surface area is 167 Å². The first-order valence-corrected chi connectivity index (χ1v) is 9.69. The highest BCUT2D eigenvalue weighted by molar-refractivity contribution is 5.95. The van der Waals surface area contributed by atoms with Crippen LogP contribution in [0.15, 0.2) is 48.5 Å². The van der Waals surface area contributed by atoms with Gasteiger partial charge in [0.15, 0.2) is 0 Å². The minimum absolute atomic E-state index is 0.0467. The molecule has 1 aliphatic heterocycles. The number of hydrogen-bond donors (Lipinski definition) is 1. The van der Waals surface area contributed by atoms with Crippen molar-refractivity contribution < 1.29 is 9.90 Å². The van der Waals surface area contributed by atoms with Crippen molar-refractivity contribution in [2.45, 2.75) is 6.54 Å². The number of benzene rings is 2. The van der Waals surface area contributed by atoms with Gasteiger partial charge < -0.3 is 19.8 Å². The second kappa shape index (κ2) is 9.08. The number of hydrogen-bond acceptors (Lipinski definition) is 5. The number of nitrogens with zero attached hydrogens (tertiary/aromatic N) is 4. The number of phenolic OH excluding ortho intramolecular Hbond substituents is 1. The number of amides is 1. The summed E-state index contributed by atoms with van der Waals surface area (Å²) in [6, 6.07) is 15.2. The van der Waals surface area contributed by atoms with E-state index in [0.29, 0.717) is 13.1 Å². The topological polar surface area (TPSA) is 50.3 Å². The number of anilines is 2. The summed E-state index contributed by atoms with van der Waals surface area (Å²) in [5, 5.41) is 10.2. The highest BCUT2D eigenvalue weighted by atomic mass is 16.3. The van der Waals surface area contributed by atoms with E-state index in [0.717, 1.165) is 43.1 Å². The van der Waals surface area contributed by atoms with E-state index in [-0.39, 0.29) is 11.7 Å². The van der Waals surface area contributed by atoms with Gasteiger partial charge in [-0.1, -0.05) is 18.2 Å². The first kappa shape index (κ1) is 20.2. The van der Waals surface area contributed by atoms with Crippen molar-refractivity contribution in [2.75, 3.05) is 63.7 Å². The van der Waals surface area contributed by atoms with Crippen molar-refractivity contribution in [3.05, 3.63) is 54.1 Å². The molecule has 6 nitrogen and oxygen atoms in total. The van der Waals surface area contributed by atoms with Crippen LogP contribution >= 0.6 is 0 Å². The lowest BCUT2D eigenvalue weighted by Gasteiger charge is -2.33. The molecule has 0 radical (unpaired) electrons. The van der Waals surface area contributed by atoms with E-state index in [2.05, 4.69) is 16.8 Å². The lowest BCUT2D eigenvalue weighted by atomic mass is 10.1.